The third-order valence-electron chi connectivity index (χ3n) is 4.63. The molecule has 0 spiro atoms. The molecule has 4 rings (SSSR count). The van der Waals surface area contributed by atoms with Gasteiger partial charge in [0.05, 0.1) is 28.7 Å². The van der Waals surface area contributed by atoms with E-state index in [0.717, 1.165) is 39.1 Å². The standard InChI is InChI=1S/C22H21N5O/c1-14-5-6-18-19(22(28)26(3)4)11-20(25-21(18)9-14)16-12-24-27(13-16)17-7-8-23-15(2)10-17/h5-13H,1-4H3. The number of rotatable bonds is 3. The summed E-state index contributed by atoms with van der Waals surface area (Å²) in [5.74, 6) is -0.0466. The molecule has 0 atom stereocenters. The van der Waals surface area contributed by atoms with Gasteiger partial charge in [0.25, 0.3) is 5.91 Å². The van der Waals surface area contributed by atoms with Gasteiger partial charge in [0.2, 0.25) is 0 Å². The van der Waals surface area contributed by atoms with Crippen molar-refractivity contribution in [3.8, 4) is 16.9 Å². The van der Waals surface area contributed by atoms with Crippen LogP contribution in [0.15, 0.2) is 55.0 Å². The summed E-state index contributed by atoms with van der Waals surface area (Å²) in [6, 6.07) is 11.7. The molecule has 0 unspecified atom stereocenters. The van der Waals surface area contributed by atoms with E-state index in [1.54, 1.807) is 36.1 Å². The fraction of sp³-hybridized carbons (Fsp3) is 0.182. The van der Waals surface area contributed by atoms with Gasteiger partial charge in [-0.3, -0.25) is 9.78 Å². The minimum Gasteiger partial charge on any atom is -0.345 e. The monoisotopic (exact) mass is 371 g/mol. The number of hydrogen-bond donors (Lipinski definition) is 0. The van der Waals surface area contributed by atoms with E-state index in [4.69, 9.17) is 4.98 Å². The van der Waals surface area contributed by atoms with Crippen LogP contribution in [0.4, 0.5) is 0 Å². The van der Waals surface area contributed by atoms with E-state index in [9.17, 15) is 4.79 Å². The van der Waals surface area contributed by atoms with E-state index in [-0.39, 0.29) is 5.91 Å². The molecule has 0 aliphatic rings. The van der Waals surface area contributed by atoms with Crippen molar-refractivity contribution in [1.82, 2.24) is 24.6 Å². The van der Waals surface area contributed by atoms with E-state index in [1.165, 1.54) is 0 Å². The molecule has 0 fully saturated rings. The average molecular weight is 371 g/mol. The highest BCUT2D eigenvalue weighted by Gasteiger charge is 2.16. The van der Waals surface area contributed by atoms with Gasteiger partial charge in [-0.05, 0) is 43.7 Å². The Balaban J connectivity index is 1.86. The first-order chi connectivity index (χ1) is 13.4. The van der Waals surface area contributed by atoms with Crippen molar-refractivity contribution < 1.29 is 4.79 Å². The predicted octanol–water partition coefficient (Wildman–Crippen LogP) is 3.80. The summed E-state index contributed by atoms with van der Waals surface area (Å²) in [7, 11) is 3.51. The molecule has 0 bridgehead atoms. The second-order valence-electron chi connectivity index (χ2n) is 7.10. The first-order valence-corrected chi connectivity index (χ1v) is 9.03. The van der Waals surface area contributed by atoms with Crippen LogP contribution in [0, 0.1) is 13.8 Å². The number of fused-ring (bicyclic) bond motifs is 1. The Morgan fingerprint density at radius 2 is 1.89 bits per heavy atom. The van der Waals surface area contributed by atoms with Crippen LogP contribution in [0.5, 0.6) is 0 Å². The van der Waals surface area contributed by atoms with Crippen LogP contribution in [0.1, 0.15) is 21.6 Å². The number of amides is 1. The van der Waals surface area contributed by atoms with Crippen LogP contribution in [-0.2, 0) is 0 Å². The van der Waals surface area contributed by atoms with Gasteiger partial charge in [-0.15, -0.1) is 0 Å². The Labute approximate surface area is 163 Å². The summed E-state index contributed by atoms with van der Waals surface area (Å²) in [5.41, 5.74) is 5.97. The molecule has 4 aromatic rings. The average Bonchev–Trinajstić information content (AvgIpc) is 3.16. The van der Waals surface area contributed by atoms with E-state index in [1.807, 2.05) is 56.4 Å². The molecule has 0 radical (unpaired) electrons. The largest absolute Gasteiger partial charge is 0.345 e. The molecule has 0 aliphatic heterocycles. The topological polar surface area (TPSA) is 63.9 Å². The number of aryl methyl sites for hydroxylation is 2. The second-order valence-corrected chi connectivity index (χ2v) is 7.10. The summed E-state index contributed by atoms with van der Waals surface area (Å²) in [6.45, 7) is 3.96. The molecular weight excluding hydrogens is 350 g/mol. The lowest BCUT2D eigenvalue weighted by Gasteiger charge is -2.14. The fourth-order valence-corrected chi connectivity index (χ4v) is 3.17. The second kappa shape index (κ2) is 6.88. The van der Waals surface area contributed by atoms with Gasteiger partial charge in [0.15, 0.2) is 0 Å². The Kier molecular flexibility index (Phi) is 4.39. The summed E-state index contributed by atoms with van der Waals surface area (Å²) in [4.78, 5) is 23.4. The van der Waals surface area contributed by atoms with Crippen molar-refractivity contribution in [2.75, 3.05) is 14.1 Å². The van der Waals surface area contributed by atoms with Gasteiger partial charge in [0, 0.05) is 43.1 Å². The van der Waals surface area contributed by atoms with Gasteiger partial charge in [0.1, 0.15) is 0 Å². The molecule has 3 aromatic heterocycles. The number of carbonyl (C=O) groups excluding carboxylic acids is 1. The number of hydrogen-bond acceptors (Lipinski definition) is 4. The van der Waals surface area contributed by atoms with Crippen LogP contribution < -0.4 is 0 Å². The molecular formula is C22H21N5O. The number of nitrogens with zero attached hydrogens (tertiary/aromatic N) is 5. The normalized spacial score (nSPS) is 11.0. The summed E-state index contributed by atoms with van der Waals surface area (Å²) < 4.78 is 1.79. The number of aromatic nitrogens is 4. The zero-order chi connectivity index (χ0) is 19.8. The molecule has 3 heterocycles. The molecule has 6 heteroatoms. The number of pyridine rings is 2. The highest BCUT2D eigenvalue weighted by atomic mass is 16.2. The Bertz CT molecular complexity index is 1190. The predicted molar refractivity (Wildman–Crippen MR) is 110 cm³/mol. The third kappa shape index (κ3) is 3.24. The van der Waals surface area contributed by atoms with Crippen LogP contribution in [-0.4, -0.2) is 44.7 Å². The van der Waals surface area contributed by atoms with Gasteiger partial charge >= 0.3 is 0 Å². The fourth-order valence-electron chi connectivity index (χ4n) is 3.17. The zero-order valence-electron chi connectivity index (χ0n) is 16.3. The summed E-state index contributed by atoms with van der Waals surface area (Å²) in [6.07, 6.45) is 5.45. The minimum absolute atomic E-state index is 0.0466. The van der Waals surface area contributed by atoms with Crippen molar-refractivity contribution in [2.24, 2.45) is 0 Å². The maximum Gasteiger partial charge on any atom is 0.254 e. The van der Waals surface area contributed by atoms with Crippen molar-refractivity contribution in [3.05, 3.63) is 71.8 Å². The smallest absolute Gasteiger partial charge is 0.254 e. The SMILES string of the molecule is Cc1ccc2c(C(=O)N(C)C)cc(-c3cnn(-c4ccnc(C)c4)c3)nc2c1. The Morgan fingerprint density at radius 3 is 2.64 bits per heavy atom. The van der Waals surface area contributed by atoms with E-state index >= 15 is 0 Å². The van der Waals surface area contributed by atoms with E-state index in [2.05, 4.69) is 10.1 Å². The molecule has 0 N–H and O–H groups in total. The van der Waals surface area contributed by atoms with Gasteiger partial charge in [-0.2, -0.15) is 5.10 Å². The minimum atomic E-state index is -0.0466. The van der Waals surface area contributed by atoms with Crippen molar-refractivity contribution >= 4 is 16.8 Å². The molecule has 6 nitrogen and oxygen atoms in total. The maximum absolute atomic E-state index is 12.8. The van der Waals surface area contributed by atoms with Gasteiger partial charge in [-0.1, -0.05) is 12.1 Å². The molecule has 28 heavy (non-hydrogen) atoms. The molecule has 1 aromatic carbocycles. The first-order valence-electron chi connectivity index (χ1n) is 9.03. The maximum atomic E-state index is 12.8. The molecule has 1 amide bonds. The quantitative estimate of drug-likeness (QED) is 0.549. The van der Waals surface area contributed by atoms with Crippen molar-refractivity contribution in [3.63, 3.8) is 0 Å². The van der Waals surface area contributed by atoms with Gasteiger partial charge < -0.3 is 4.90 Å². The molecule has 0 aliphatic carbocycles. The van der Waals surface area contributed by atoms with Crippen molar-refractivity contribution in [2.45, 2.75) is 13.8 Å². The lowest BCUT2D eigenvalue weighted by molar-refractivity contribution is 0.0829. The first kappa shape index (κ1) is 17.9. The zero-order valence-corrected chi connectivity index (χ0v) is 16.3. The molecule has 0 saturated carbocycles. The van der Waals surface area contributed by atoms with Crippen LogP contribution >= 0.6 is 0 Å². The lowest BCUT2D eigenvalue weighted by atomic mass is 10.0. The number of benzene rings is 1. The number of carbonyl (C=O) groups is 1. The molecule has 0 saturated heterocycles. The highest BCUT2D eigenvalue weighted by Crippen LogP contribution is 2.26. The van der Waals surface area contributed by atoms with Crippen LogP contribution in [0.2, 0.25) is 0 Å². The molecule has 140 valence electrons. The lowest BCUT2D eigenvalue weighted by Crippen LogP contribution is -2.22. The third-order valence-corrected chi connectivity index (χ3v) is 4.63. The Hall–Kier alpha value is -3.54. The van der Waals surface area contributed by atoms with Gasteiger partial charge in [-0.25, -0.2) is 9.67 Å². The van der Waals surface area contributed by atoms with Crippen LogP contribution in [0.3, 0.4) is 0 Å². The summed E-state index contributed by atoms with van der Waals surface area (Å²) in [5, 5.41) is 5.32. The van der Waals surface area contributed by atoms with E-state index in [0.29, 0.717) is 5.56 Å². The van der Waals surface area contributed by atoms with Crippen LogP contribution in [0.25, 0.3) is 27.8 Å². The Morgan fingerprint density at radius 1 is 1.07 bits per heavy atom. The summed E-state index contributed by atoms with van der Waals surface area (Å²) >= 11 is 0. The highest BCUT2D eigenvalue weighted by molar-refractivity contribution is 6.07. The van der Waals surface area contributed by atoms with Crippen molar-refractivity contribution in [1.29, 1.82) is 0 Å². The van der Waals surface area contributed by atoms with E-state index < -0.39 is 0 Å².